The van der Waals surface area contributed by atoms with Gasteiger partial charge in [0.25, 0.3) is 0 Å². The highest BCUT2D eigenvalue weighted by Crippen LogP contribution is 2.16. The zero-order chi connectivity index (χ0) is 9.84. The first-order valence-corrected chi connectivity index (χ1v) is 4.54. The largest absolute Gasteiger partial charge is 0.465 e. The van der Waals surface area contributed by atoms with Crippen LogP contribution in [0.4, 0.5) is 0 Å². The fourth-order valence-electron chi connectivity index (χ4n) is 1.00. The van der Waals surface area contributed by atoms with Gasteiger partial charge in [0.05, 0.1) is 12.7 Å². The highest BCUT2D eigenvalue weighted by molar-refractivity contribution is 9.10. The molecule has 0 bridgehead atoms. The molecule has 0 unspecified atom stereocenters. The number of benzene rings is 1. The summed E-state index contributed by atoms with van der Waals surface area (Å²) in [6, 6.07) is 5.29. The van der Waals surface area contributed by atoms with E-state index in [0.717, 1.165) is 10.0 Å². The fraction of sp³-hybridized carbons (Fsp3) is 0.222. The van der Waals surface area contributed by atoms with E-state index in [1.807, 2.05) is 6.07 Å². The van der Waals surface area contributed by atoms with Gasteiger partial charge < -0.3 is 10.5 Å². The molecule has 0 atom stereocenters. The van der Waals surface area contributed by atoms with Crippen LogP contribution in [0.25, 0.3) is 0 Å². The number of rotatable bonds is 2. The topological polar surface area (TPSA) is 52.3 Å². The predicted molar refractivity (Wildman–Crippen MR) is 53.4 cm³/mol. The third kappa shape index (κ3) is 2.54. The number of hydrogen-bond acceptors (Lipinski definition) is 3. The monoisotopic (exact) mass is 243 g/mol. The molecule has 0 aliphatic heterocycles. The zero-order valence-corrected chi connectivity index (χ0v) is 8.80. The Bertz CT molecular complexity index is 325. The normalized spacial score (nSPS) is 9.77. The van der Waals surface area contributed by atoms with Gasteiger partial charge in [-0.15, -0.1) is 0 Å². The van der Waals surface area contributed by atoms with Crippen molar-refractivity contribution < 1.29 is 9.53 Å². The minimum atomic E-state index is -0.351. The molecule has 0 heterocycles. The highest BCUT2D eigenvalue weighted by Gasteiger charge is 2.06. The number of carbonyl (C=O) groups excluding carboxylic acids is 1. The van der Waals surface area contributed by atoms with Crippen molar-refractivity contribution in [2.24, 2.45) is 5.73 Å². The third-order valence-corrected chi connectivity index (χ3v) is 2.07. The number of ether oxygens (including phenoxy) is 1. The summed E-state index contributed by atoms with van der Waals surface area (Å²) >= 11 is 3.29. The molecule has 0 amide bonds. The van der Waals surface area contributed by atoms with Crippen LogP contribution in [0.15, 0.2) is 22.7 Å². The molecule has 4 heteroatoms. The van der Waals surface area contributed by atoms with E-state index in [1.54, 1.807) is 12.1 Å². The van der Waals surface area contributed by atoms with E-state index in [9.17, 15) is 4.79 Å². The van der Waals surface area contributed by atoms with Crippen molar-refractivity contribution in [2.45, 2.75) is 6.54 Å². The number of hydrogen-bond donors (Lipinski definition) is 1. The minimum absolute atomic E-state index is 0.351. The van der Waals surface area contributed by atoms with Gasteiger partial charge >= 0.3 is 5.97 Å². The van der Waals surface area contributed by atoms with Crippen LogP contribution in [-0.4, -0.2) is 13.1 Å². The molecule has 70 valence electrons. The van der Waals surface area contributed by atoms with Gasteiger partial charge in [0.2, 0.25) is 0 Å². The molecular formula is C9H10BrNO2. The Balaban J connectivity index is 3.08. The smallest absolute Gasteiger partial charge is 0.337 e. The SMILES string of the molecule is COC(=O)c1cc(Br)cc(CN)c1. The Labute approximate surface area is 85.0 Å². The van der Waals surface area contributed by atoms with Crippen LogP contribution < -0.4 is 5.73 Å². The first-order chi connectivity index (χ1) is 6.17. The Morgan fingerprint density at radius 2 is 2.23 bits per heavy atom. The van der Waals surface area contributed by atoms with Gasteiger partial charge in [-0.25, -0.2) is 4.79 Å². The van der Waals surface area contributed by atoms with E-state index in [4.69, 9.17) is 5.73 Å². The first kappa shape index (κ1) is 10.2. The summed E-state index contributed by atoms with van der Waals surface area (Å²) in [5, 5.41) is 0. The summed E-state index contributed by atoms with van der Waals surface area (Å²) in [5.74, 6) is -0.351. The molecule has 3 nitrogen and oxygen atoms in total. The molecular weight excluding hydrogens is 234 g/mol. The Kier molecular flexibility index (Phi) is 3.45. The standard InChI is InChI=1S/C9H10BrNO2/c1-13-9(12)7-2-6(5-11)3-8(10)4-7/h2-4H,5,11H2,1H3. The molecule has 0 saturated carbocycles. The summed E-state index contributed by atoms with van der Waals surface area (Å²) in [5.41, 5.74) is 6.87. The molecule has 0 radical (unpaired) electrons. The van der Waals surface area contributed by atoms with Crippen molar-refractivity contribution in [1.82, 2.24) is 0 Å². The average molecular weight is 244 g/mol. The van der Waals surface area contributed by atoms with E-state index in [0.29, 0.717) is 12.1 Å². The van der Waals surface area contributed by atoms with Gasteiger partial charge in [0.1, 0.15) is 0 Å². The Hall–Kier alpha value is -0.870. The van der Waals surface area contributed by atoms with Crippen LogP contribution in [0.3, 0.4) is 0 Å². The number of methoxy groups -OCH3 is 1. The van der Waals surface area contributed by atoms with Crippen molar-refractivity contribution >= 4 is 21.9 Å². The lowest BCUT2D eigenvalue weighted by Gasteiger charge is -2.03. The molecule has 0 aromatic heterocycles. The van der Waals surface area contributed by atoms with Crippen molar-refractivity contribution in [2.75, 3.05) is 7.11 Å². The van der Waals surface area contributed by atoms with Crippen LogP contribution in [0.1, 0.15) is 15.9 Å². The Morgan fingerprint density at radius 1 is 1.54 bits per heavy atom. The van der Waals surface area contributed by atoms with Gasteiger partial charge in [-0.05, 0) is 23.8 Å². The molecule has 0 saturated heterocycles. The van der Waals surface area contributed by atoms with E-state index in [-0.39, 0.29) is 5.97 Å². The van der Waals surface area contributed by atoms with Crippen LogP contribution in [-0.2, 0) is 11.3 Å². The molecule has 13 heavy (non-hydrogen) atoms. The van der Waals surface area contributed by atoms with Crippen molar-refractivity contribution in [3.05, 3.63) is 33.8 Å². The number of nitrogens with two attached hydrogens (primary N) is 1. The summed E-state index contributed by atoms with van der Waals surface area (Å²) in [7, 11) is 1.35. The molecule has 1 aromatic carbocycles. The maximum absolute atomic E-state index is 11.1. The zero-order valence-electron chi connectivity index (χ0n) is 7.21. The number of carbonyl (C=O) groups is 1. The number of halogens is 1. The van der Waals surface area contributed by atoms with E-state index in [1.165, 1.54) is 7.11 Å². The molecule has 1 rings (SSSR count). The quantitative estimate of drug-likeness (QED) is 0.805. The van der Waals surface area contributed by atoms with Crippen LogP contribution in [0, 0.1) is 0 Å². The van der Waals surface area contributed by atoms with Gasteiger partial charge in [0, 0.05) is 11.0 Å². The predicted octanol–water partition coefficient (Wildman–Crippen LogP) is 1.69. The van der Waals surface area contributed by atoms with Crippen LogP contribution in [0.2, 0.25) is 0 Å². The third-order valence-electron chi connectivity index (χ3n) is 1.61. The second-order valence-electron chi connectivity index (χ2n) is 2.54. The van der Waals surface area contributed by atoms with E-state index in [2.05, 4.69) is 20.7 Å². The lowest BCUT2D eigenvalue weighted by Crippen LogP contribution is -2.04. The summed E-state index contributed by atoms with van der Waals surface area (Å²) < 4.78 is 5.42. The lowest BCUT2D eigenvalue weighted by molar-refractivity contribution is 0.0600. The maximum atomic E-state index is 11.1. The molecule has 0 aliphatic carbocycles. The van der Waals surface area contributed by atoms with Gasteiger partial charge in [0.15, 0.2) is 0 Å². The maximum Gasteiger partial charge on any atom is 0.337 e. The highest BCUT2D eigenvalue weighted by atomic mass is 79.9. The number of esters is 1. The summed E-state index contributed by atoms with van der Waals surface area (Å²) in [6.07, 6.45) is 0. The van der Waals surface area contributed by atoms with Crippen molar-refractivity contribution in [1.29, 1.82) is 0 Å². The minimum Gasteiger partial charge on any atom is -0.465 e. The lowest BCUT2D eigenvalue weighted by atomic mass is 10.1. The molecule has 0 spiro atoms. The van der Waals surface area contributed by atoms with Crippen LogP contribution in [0.5, 0.6) is 0 Å². The van der Waals surface area contributed by atoms with E-state index < -0.39 is 0 Å². The summed E-state index contributed by atoms with van der Waals surface area (Å²) in [4.78, 5) is 11.1. The Morgan fingerprint density at radius 3 is 2.77 bits per heavy atom. The molecule has 0 aliphatic rings. The molecule has 2 N–H and O–H groups in total. The average Bonchev–Trinajstić information content (AvgIpc) is 2.15. The molecule has 1 aromatic rings. The second kappa shape index (κ2) is 4.39. The molecule has 0 fully saturated rings. The van der Waals surface area contributed by atoms with Crippen molar-refractivity contribution in [3.63, 3.8) is 0 Å². The van der Waals surface area contributed by atoms with E-state index >= 15 is 0 Å². The van der Waals surface area contributed by atoms with Gasteiger partial charge in [-0.2, -0.15) is 0 Å². The first-order valence-electron chi connectivity index (χ1n) is 3.75. The fourth-order valence-corrected chi connectivity index (χ4v) is 1.54. The van der Waals surface area contributed by atoms with Gasteiger partial charge in [-0.1, -0.05) is 15.9 Å². The van der Waals surface area contributed by atoms with Crippen LogP contribution >= 0.6 is 15.9 Å². The second-order valence-corrected chi connectivity index (χ2v) is 3.46. The van der Waals surface area contributed by atoms with Crippen molar-refractivity contribution in [3.8, 4) is 0 Å². The summed E-state index contributed by atoms with van der Waals surface area (Å²) in [6.45, 7) is 0.406. The van der Waals surface area contributed by atoms with Gasteiger partial charge in [-0.3, -0.25) is 0 Å².